The number of thioether (sulfide) groups is 1. The first-order valence-electron chi connectivity index (χ1n) is 8.39. The van der Waals surface area contributed by atoms with Crippen LogP contribution in [0.3, 0.4) is 0 Å². The molecule has 0 saturated carbocycles. The molecule has 0 saturated heterocycles. The van der Waals surface area contributed by atoms with Gasteiger partial charge >= 0.3 is 0 Å². The van der Waals surface area contributed by atoms with Crippen LogP contribution in [0, 0.1) is 0 Å². The largest absolute Gasteiger partial charge is 0.488 e. The zero-order valence-corrected chi connectivity index (χ0v) is 14.9. The molecule has 1 N–H and O–H groups in total. The monoisotopic (exact) mass is 366 g/mol. The number of nitrogens with one attached hydrogen (secondary N) is 1. The van der Waals surface area contributed by atoms with Gasteiger partial charge in [-0.05, 0) is 23.8 Å². The average Bonchev–Trinajstić information content (AvgIpc) is 3.32. The van der Waals surface area contributed by atoms with Crippen molar-refractivity contribution in [3.05, 3.63) is 66.5 Å². The van der Waals surface area contributed by atoms with Gasteiger partial charge in [-0.15, -0.1) is 5.10 Å². The van der Waals surface area contributed by atoms with Gasteiger partial charge in [0.2, 0.25) is 11.1 Å². The van der Waals surface area contributed by atoms with Gasteiger partial charge in [0, 0.05) is 6.42 Å². The van der Waals surface area contributed by atoms with Crippen molar-refractivity contribution in [3.63, 3.8) is 0 Å². The number of ether oxygens (including phenoxy) is 1. The van der Waals surface area contributed by atoms with E-state index in [1.807, 2.05) is 48.5 Å². The van der Waals surface area contributed by atoms with E-state index in [0.29, 0.717) is 11.7 Å². The first-order valence-corrected chi connectivity index (χ1v) is 9.37. The van der Waals surface area contributed by atoms with Crippen LogP contribution < -0.4 is 10.1 Å². The highest BCUT2D eigenvalue weighted by Gasteiger charge is 2.22. The number of fused-ring (bicyclic) bond motifs is 1. The predicted octanol–water partition coefficient (Wildman–Crippen LogP) is 2.48. The summed E-state index contributed by atoms with van der Waals surface area (Å²) in [5.41, 5.74) is 2.13. The van der Waals surface area contributed by atoms with Crippen LogP contribution in [0.4, 0.5) is 0 Å². The Balaban J connectivity index is 1.23. The Morgan fingerprint density at radius 3 is 2.85 bits per heavy atom. The molecule has 1 aliphatic rings. The van der Waals surface area contributed by atoms with Crippen molar-refractivity contribution in [1.29, 1.82) is 0 Å². The lowest BCUT2D eigenvalue weighted by molar-refractivity contribution is -0.118. The van der Waals surface area contributed by atoms with Crippen LogP contribution in [0.15, 0.2) is 66.1 Å². The molecule has 1 aromatic heterocycles. The van der Waals surface area contributed by atoms with Crippen LogP contribution in [-0.4, -0.2) is 39.1 Å². The third kappa shape index (κ3) is 3.88. The fraction of sp³-hybridized carbons (Fsp3) is 0.211. The summed E-state index contributed by atoms with van der Waals surface area (Å²) in [4.78, 5) is 16.3. The molecule has 2 aromatic carbocycles. The number of rotatable bonds is 6. The van der Waals surface area contributed by atoms with Crippen molar-refractivity contribution in [3.8, 4) is 11.4 Å². The third-order valence-corrected chi connectivity index (χ3v) is 4.92. The van der Waals surface area contributed by atoms with Gasteiger partial charge < -0.3 is 10.1 Å². The molecule has 1 aliphatic heterocycles. The number of benzene rings is 2. The minimum atomic E-state index is -0.0504. The summed E-state index contributed by atoms with van der Waals surface area (Å²) in [6.45, 7) is 0.500. The maximum atomic E-state index is 12.1. The number of carbonyl (C=O) groups is 1. The number of carbonyl (C=O) groups excluding carboxylic acids is 1. The van der Waals surface area contributed by atoms with Crippen molar-refractivity contribution in [1.82, 2.24) is 20.1 Å². The van der Waals surface area contributed by atoms with E-state index in [4.69, 9.17) is 4.74 Å². The van der Waals surface area contributed by atoms with Crippen molar-refractivity contribution in [2.45, 2.75) is 17.7 Å². The smallest absolute Gasteiger partial charge is 0.230 e. The molecule has 2 heterocycles. The van der Waals surface area contributed by atoms with Crippen LogP contribution >= 0.6 is 11.8 Å². The maximum absolute atomic E-state index is 12.1. The molecular weight excluding hydrogens is 348 g/mol. The zero-order chi connectivity index (χ0) is 17.8. The van der Waals surface area contributed by atoms with E-state index in [2.05, 4.69) is 21.5 Å². The second-order valence-electron chi connectivity index (χ2n) is 5.95. The molecule has 3 aromatic rings. The van der Waals surface area contributed by atoms with Crippen molar-refractivity contribution >= 4 is 17.7 Å². The molecule has 6 nitrogen and oxygen atoms in total. The molecule has 0 radical (unpaired) electrons. The lowest BCUT2D eigenvalue weighted by Gasteiger charge is -2.11. The summed E-state index contributed by atoms with van der Waals surface area (Å²) in [6.07, 6.45) is 2.47. The standard InChI is InChI=1S/C19H18N4O2S/c24-18(20-11-16-10-14-6-4-5-9-17(14)25-16)12-26-19-21-13-23(22-19)15-7-2-1-3-8-15/h1-9,13,16H,10-12H2,(H,20,24). The van der Waals surface area contributed by atoms with Crippen LogP contribution in [0.1, 0.15) is 5.56 Å². The highest BCUT2D eigenvalue weighted by atomic mass is 32.2. The van der Waals surface area contributed by atoms with Gasteiger partial charge in [0.15, 0.2) is 0 Å². The predicted molar refractivity (Wildman–Crippen MR) is 99.7 cm³/mol. The molecule has 0 spiro atoms. The van der Waals surface area contributed by atoms with E-state index in [-0.39, 0.29) is 17.8 Å². The molecule has 0 aliphatic carbocycles. The lowest BCUT2D eigenvalue weighted by atomic mass is 10.1. The molecule has 4 rings (SSSR count). The van der Waals surface area contributed by atoms with Gasteiger partial charge in [-0.3, -0.25) is 4.79 Å². The lowest BCUT2D eigenvalue weighted by Crippen LogP contribution is -2.35. The zero-order valence-electron chi connectivity index (χ0n) is 14.0. The molecule has 0 bridgehead atoms. The second-order valence-corrected chi connectivity index (χ2v) is 6.89. The van der Waals surface area contributed by atoms with E-state index in [1.54, 1.807) is 11.0 Å². The Kier molecular flexibility index (Phi) is 4.88. The van der Waals surface area contributed by atoms with Gasteiger partial charge in [0.25, 0.3) is 0 Å². The van der Waals surface area contributed by atoms with Crippen LogP contribution in [-0.2, 0) is 11.2 Å². The van der Waals surface area contributed by atoms with E-state index < -0.39 is 0 Å². The topological polar surface area (TPSA) is 69.0 Å². The molecular formula is C19H18N4O2S. The summed E-state index contributed by atoms with van der Waals surface area (Å²) >= 11 is 1.32. The fourth-order valence-electron chi connectivity index (χ4n) is 2.80. The first-order chi connectivity index (χ1) is 12.8. The highest BCUT2D eigenvalue weighted by molar-refractivity contribution is 7.99. The maximum Gasteiger partial charge on any atom is 0.230 e. The second kappa shape index (κ2) is 7.61. The molecule has 26 heavy (non-hydrogen) atoms. The molecule has 0 fully saturated rings. The Bertz CT molecular complexity index is 872. The quantitative estimate of drug-likeness (QED) is 0.679. The number of aromatic nitrogens is 3. The van der Waals surface area contributed by atoms with Gasteiger partial charge in [0.05, 0.1) is 18.0 Å². The number of hydrogen-bond donors (Lipinski definition) is 1. The Morgan fingerprint density at radius 2 is 2.00 bits per heavy atom. The molecule has 1 atom stereocenters. The van der Waals surface area contributed by atoms with Gasteiger partial charge in [-0.1, -0.05) is 48.2 Å². The Labute approximate surface area is 155 Å². The van der Waals surface area contributed by atoms with E-state index >= 15 is 0 Å². The SMILES string of the molecule is O=C(CSc1ncn(-c2ccccc2)n1)NCC1Cc2ccccc2O1. The number of hydrogen-bond acceptors (Lipinski definition) is 5. The van der Waals surface area contributed by atoms with Gasteiger partial charge in [-0.2, -0.15) is 0 Å². The Morgan fingerprint density at radius 1 is 1.19 bits per heavy atom. The van der Waals surface area contributed by atoms with Crippen molar-refractivity contribution in [2.75, 3.05) is 12.3 Å². The van der Waals surface area contributed by atoms with Crippen LogP contribution in [0.5, 0.6) is 5.75 Å². The van der Waals surface area contributed by atoms with Gasteiger partial charge in [0.1, 0.15) is 18.2 Å². The van der Waals surface area contributed by atoms with E-state index in [9.17, 15) is 4.79 Å². The summed E-state index contributed by atoms with van der Waals surface area (Å²) in [7, 11) is 0. The Hall–Kier alpha value is -2.80. The van der Waals surface area contributed by atoms with E-state index in [0.717, 1.165) is 17.9 Å². The molecule has 1 unspecified atom stereocenters. The van der Waals surface area contributed by atoms with E-state index in [1.165, 1.54) is 17.3 Å². The normalized spacial score (nSPS) is 15.3. The number of amides is 1. The number of nitrogens with zero attached hydrogens (tertiary/aromatic N) is 3. The van der Waals surface area contributed by atoms with Crippen molar-refractivity contribution in [2.24, 2.45) is 0 Å². The number of para-hydroxylation sites is 2. The molecule has 7 heteroatoms. The first kappa shape index (κ1) is 16.7. The summed E-state index contributed by atoms with van der Waals surface area (Å²) in [5.74, 6) is 1.14. The van der Waals surface area contributed by atoms with Gasteiger partial charge in [-0.25, -0.2) is 9.67 Å². The molecule has 132 valence electrons. The average molecular weight is 366 g/mol. The van der Waals surface area contributed by atoms with Crippen LogP contribution in [0.25, 0.3) is 5.69 Å². The highest BCUT2D eigenvalue weighted by Crippen LogP contribution is 2.27. The summed E-state index contributed by atoms with van der Waals surface area (Å²) in [5, 5.41) is 7.88. The summed E-state index contributed by atoms with van der Waals surface area (Å²) < 4.78 is 7.52. The molecule has 1 amide bonds. The minimum Gasteiger partial charge on any atom is -0.488 e. The minimum absolute atomic E-state index is 0.00300. The van der Waals surface area contributed by atoms with Crippen LogP contribution in [0.2, 0.25) is 0 Å². The fourth-order valence-corrected chi connectivity index (χ4v) is 3.43. The third-order valence-electron chi connectivity index (χ3n) is 4.06. The van der Waals surface area contributed by atoms with Crippen molar-refractivity contribution < 1.29 is 9.53 Å². The summed E-state index contributed by atoms with van der Waals surface area (Å²) in [6, 6.07) is 17.7.